The van der Waals surface area contributed by atoms with Gasteiger partial charge in [-0.1, -0.05) is 18.0 Å². The van der Waals surface area contributed by atoms with Crippen molar-refractivity contribution in [2.24, 2.45) is 5.73 Å². The predicted molar refractivity (Wildman–Crippen MR) is 114 cm³/mol. The molecule has 4 rings (SSSR count). The zero-order chi connectivity index (χ0) is 20.8. The van der Waals surface area contributed by atoms with Crippen LogP contribution in [0.4, 0.5) is 0 Å². The van der Waals surface area contributed by atoms with Crippen LogP contribution < -0.4 is 15.8 Å². The molecule has 0 saturated heterocycles. The number of nitrogens with one attached hydrogen (secondary N) is 1. The summed E-state index contributed by atoms with van der Waals surface area (Å²) < 4.78 is 13.3. The van der Waals surface area contributed by atoms with Crippen molar-refractivity contribution in [3.05, 3.63) is 65.6 Å². The van der Waals surface area contributed by atoms with Crippen molar-refractivity contribution in [2.75, 3.05) is 19.7 Å². The molecule has 0 amide bonds. The summed E-state index contributed by atoms with van der Waals surface area (Å²) >= 11 is 0. The molecule has 1 aliphatic carbocycles. The van der Waals surface area contributed by atoms with Crippen molar-refractivity contribution >= 4 is 0 Å². The van der Waals surface area contributed by atoms with Gasteiger partial charge < -0.3 is 24.9 Å². The van der Waals surface area contributed by atoms with Crippen LogP contribution in [-0.4, -0.2) is 39.9 Å². The molecule has 0 atom stereocenters. The van der Waals surface area contributed by atoms with E-state index in [-0.39, 0.29) is 5.54 Å². The topological polar surface area (TPSA) is 91.1 Å². The molecule has 30 heavy (non-hydrogen) atoms. The van der Waals surface area contributed by atoms with Crippen LogP contribution in [0.1, 0.15) is 42.6 Å². The molecule has 0 spiro atoms. The molecule has 7 heteroatoms. The Morgan fingerprint density at radius 1 is 1.27 bits per heavy atom. The third-order valence-electron chi connectivity index (χ3n) is 5.21. The zero-order valence-corrected chi connectivity index (χ0v) is 17.2. The number of aromatic nitrogens is 3. The first kappa shape index (κ1) is 20.2. The van der Waals surface area contributed by atoms with E-state index >= 15 is 0 Å². The molecule has 1 aliphatic rings. The average Bonchev–Trinajstić information content (AvgIpc) is 3.17. The Morgan fingerprint density at radius 2 is 2.10 bits per heavy atom. The number of aryl methyl sites for hydroxylation is 1. The Morgan fingerprint density at radius 3 is 2.83 bits per heavy atom. The molecule has 2 heterocycles. The predicted octanol–water partition coefficient (Wildman–Crippen LogP) is 2.34. The largest absolute Gasteiger partial charge is 0.492 e. The van der Waals surface area contributed by atoms with Crippen LogP contribution >= 0.6 is 0 Å². The van der Waals surface area contributed by atoms with Crippen molar-refractivity contribution in [2.45, 2.75) is 38.3 Å². The Balaban J connectivity index is 1.32. The molecule has 0 bridgehead atoms. The Bertz CT molecular complexity index is 1020. The molecule has 1 saturated carbocycles. The number of ether oxygens (including phenoxy) is 1. The fraction of sp³-hybridized carbons (Fsp3) is 0.391. The summed E-state index contributed by atoms with van der Waals surface area (Å²) in [5.74, 6) is 8.56. The molecule has 0 unspecified atom stereocenters. The number of rotatable bonds is 9. The lowest BCUT2D eigenvalue weighted by Crippen LogP contribution is -2.39. The Labute approximate surface area is 176 Å². The smallest absolute Gasteiger partial charge is 0.210 e. The van der Waals surface area contributed by atoms with Crippen molar-refractivity contribution in [1.82, 2.24) is 20.0 Å². The summed E-state index contributed by atoms with van der Waals surface area (Å²) in [5.41, 5.74) is 7.40. The second-order valence-corrected chi connectivity index (χ2v) is 7.57. The highest BCUT2D eigenvalue weighted by Gasteiger charge is 2.42. The van der Waals surface area contributed by atoms with Gasteiger partial charge in [0.1, 0.15) is 23.9 Å². The molecule has 1 fully saturated rings. The first-order valence-electron chi connectivity index (χ1n) is 10.4. The SMILES string of the molecule is CCc1nccn1Cc1cc(C#Cc2ccc(OCC3(NCCN)CC3)cc2)on1. The van der Waals surface area contributed by atoms with Gasteiger partial charge in [-0.25, -0.2) is 4.98 Å². The number of hydrogen-bond donors (Lipinski definition) is 2. The summed E-state index contributed by atoms with van der Waals surface area (Å²) in [6, 6.07) is 9.66. The van der Waals surface area contributed by atoms with Crippen LogP contribution in [0.3, 0.4) is 0 Å². The first-order chi connectivity index (χ1) is 14.7. The van der Waals surface area contributed by atoms with Gasteiger partial charge in [0.25, 0.3) is 0 Å². The molecule has 2 aromatic heterocycles. The van der Waals surface area contributed by atoms with Gasteiger partial charge in [-0.3, -0.25) is 0 Å². The van der Waals surface area contributed by atoms with Gasteiger partial charge in [-0.05, 0) is 43.0 Å². The second kappa shape index (κ2) is 9.16. The number of hydrogen-bond acceptors (Lipinski definition) is 6. The minimum Gasteiger partial charge on any atom is -0.492 e. The minimum atomic E-state index is 0.108. The number of nitrogens with two attached hydrogens (primary N) is 1. The second-order valence-electron chi connectivity index (χ2n) is 7.57. The standard InChI is InChI=1S/C23H27N5O2/c1-2-22-25-13-14-28(22)16-19-15-21(30-27-19)8-5-18-3-6-20(7-4-18)29-17-23(9-10-23)26-12-11-24/h3-4,6-7,13-15,26H,2,9-12,16-17,24H2,1H3. The molecule has 0 radical (unpaired) electrons. The summed E-state index contributed by atoms with van der Waals surface area (Å²) in [6.07, 6.45) is 6.89. The molecular weight excluding hydrogens is 378 g/mol. The van der Waals surface area contributed by atoms with E-state index in [1.807, 2.05) is 36.5 Å². The highest BCUT2D eigenvalue weighted by atomic mass is 16.5. The van der Waals surface area contributed by atoms with E-state index in [1.165, 1.54) is 0 Å². The maximum atomic E-state index is 5.93. The quantitative estimate of drug-likeness (QED) is 0.531. The van der Waals surface area contributed by atoms with E-state index in [0.717, 1.165) is 48.6 Å². The van der Waals surface area contributed by atoms with Gasteiger partial charge in [-0.15, -0.1) is 0 Å². The Kier molecular flexibility index (Phi) is 6.17. The summed E-state index contributed by atoms with van der Waals surface area (Å²) in [6.45, 7) is 4.84. The third-order valence-corrected chi connectivity index (χ3v) is 5.21. The lowest BCUT2D eigenvalue weighted by molar-refractivity contribution is 0.253. The van der Waals surface area contributed by atoms with Crippen LogP contribution in [0.15, 0.2) is 47.2 Å². The highest BCUT2D eigenvalue weighted by molar-refractivity contribution is 5.41. The summed E-state index contributed by atoms with van der Waals surface area (Å²) in [5, 5.41) is 7.58. The molecule has 3 N–H and O–H groups in total. The van der Waals surface area contributed by atoms with Gasteiger partial charge >= 0.3 is 0 Å². The van der Waals surface area contributed by atoms with E-state index < -0.39 is 0 Å². The fourth-order valence-corrected chi connectivity index (χ4v) is 3.27. The van der Waals surface area contributed by atoms with E-state index in [2.05, 4.69) is 38.8 Å². The van der Waals surface area contributed by atoms with Crippen LogP contribution in [0.2, 0.25) is 0 Å². The zero-order valence-electron chi connectivity index (χ0n) is 17.2. The third kappa shape index (κ3) is 5.09. The maximum Gasteiger partial charge on any atom is 0.210 e. The van der Waals surface area contributed by atoms with Gasteiger partial charge in [0.05, 0.1) is 12.1 Å². The monoisotopic (exact) mass is 405 g/mol. The van der Waals surface area contributed by atoms with Gasteiger partial charge in [0, 0.05) is 43.5 Å². The van der Waals surface area contributed by atoms with Crippen molar-refractivity contribution < 1.29 is 9.26 Å². The lowest BCUT2D eigenvalue weighted by atomic mass is 10.2. The fourth-order valence-electron chi connectivity index (χ4n) is 3.27. The van der Waals surface area contributed by atoms with Crippen LogP contribution in [0.5, 0.6) is 5.75 Å². The number of nitrogens with zero attached hydrogens (tertiary/aromatic N) is 3. The van der Waals surface area contributed by atoms with Crippen LogP contribution in [-0.2, 0) is 13.0 Å². The minimum absolute atomic E-state index is 0.108. The first-order valence-corrected chi connectivity index (χ1v) is 10.4. The summed E-state index contributed by atoms with van der Waals surface area (Å²) in [4.78, 5) is 4.32. The lowest BCUT2D eigenvalue weighted by Gasteiger charge is -2.17. The van der Waals surface area contributed by atoms with Crippen molar-refractivity contribution in [3.8, 4) is 17.6 Å². The molecule has 156 valence electrons. The van der Waals surface area contributed by atoms with E-state index in [1.54, 1.807) is 6.20 Å². The van der Waals surface area contributed by atoms with E-state index in [4.69, 9.17) is 15.0 Å². The molecular formula is C23H27N5O2. The van der Waals surface area contributed by atoms with Crippen LogP contribution in [0, 0.1) is 11.8 Å². The van der Waals surface area contributed by atoms with Crippen molar-refractivity contribution in [3.63, 3.8) is 0 Å². The van der Waals surface area contributed by atoms with E-state index in [9.17, 15) is 0 Å². The van der Waals surface area contributed by atoms with Crippen LogP contribution in [0.25, 0.3) is 0 Å². The Hall–Kier alpha value is -3.08. The van der Waals surface area contributed by atoms with Gasteiger partial charge in [-0.2, -0.15) is 0 Å². The molecule has 3 aromatic rings. The average molecular weight is 406 g/mol. The summed E-state index contributed by atoms with van der Waals surface area (Å²) in [7, 11) is 0. The van der Waals surface area contributed by atoms with Gasteiger partial charge in [0.15, 0.2) is 0 Å². The maximum absolute atomic E-state index is 5.93. The number of benzene rings is 1. The van der Waals surface area contributed by atoms with Gasteiger partial charge in [0.2, 0.25) is 5.76 Å². The molecule has 0 aliphatic heterocycles. The van der Waals surface area contributed by atoms with Crippen molar-refractivity contribution in [1.29, 1.82) is 0 Å². The van der Waals surface area contributed by atoms with E-state index in [0.29, 0.717) is 25.5 Å². The normalized spacial score (nSPS) is 14.2. The number of imidazole rings is 1. The molecule has 1 aromatic carbocycles. The molecule has 7 nitrogen and oxygen atoms in total. The highest BCUT2D eigenvalue weighted by Crippen LogP contribution is 2.35.